The Morgan fingerprint density at radius 3 is 2.84 bits per heavy atom. The van der Waals surface area contributed by atoms with E-state index < -0.39 is 0 Å². The Labute approximate surface area is 116 Å². The highest BCUT2D eigenvalue weighted by atomic mass is 16.5. The molecule has 3 nitrogen and oxygen atoms in total. The van der Waals surface area contributed by atoms with Crippen LogP contribution in [-0.4, -0.2) is 30.9 Å². The number of fused-ring (bicyclic) bond motifs is 1. The normalized spacial score (nSPS) is 20.0. The summed E-state index contributed by atoms with van der Waals surface area (Å²) in [6.45, 7) is 6.20. The predicted molar refractivity (Wildman–Crippen MR) is 78.6 cm³/mol. The Morgan fingerprint density at radius 1 is 1.37 bits per heavy atom. The van der Waals surface area contributed by atoms with Crippen molar-refractivity contribution in [2.75, 3.05) is 25.1 Å². The minimum absolute atomic E-state index is 0.0974. The van der Waals surface area contributed by atoms with E-state index in [2.05, 4.69) is 24.8 Å². The van der Waals surface area contributed by atoms with Crippen LogP contribution in [0.3, 0.4) is 0 Å². The van der Waals surface area contributed by atoms with E-state index in [0.29, 0.717) is 0 Å². The molecule has 1 aliphatic heterocycles. The van der Waals surface area contributed by atoms with Crippen molar-refractivity contribution in [1.29, 1.82) is 0 Å². The highest BCUT2D eigenvalue weighted by Gasteiger charge is 2.23. The van der Waals surface area contributed by atoms with Gasteiger partial charge in [0.05, 0.1) is 11.7 Å². The Hall–Kier alpha value is -1.06. The zero-order chi connectivity index (χ0) is 13.9. The van der Waals surface area contributed by atoms with Crippen LogP contribution in [0.15, 0.2) is 24.3 Å². The second-order valence-electron chi connectivity index (χ2n) is 5.92. The van der Waals surface area contributed by atoms with Gasteiger partial charge in [-0.1, -0.05) is 18.2 Å². The van der Waals surface area contributed by atoms with E-state index in [0.717, 1.165) is 37.9 Å². The molecule has 0 fully saturated rings. The molecule has 0 amide bonds. The van der Waals surface area contributed by atoms with Gasteiger partial charge < -0.3 is 14.7 Å². The van der Waals surface area contributed by atoms with Gasteiger partial charge >= 0.3 is 0 Å². The summed E-state index contributed by atoms with van der Waals surface area (Å²) in [5, 5.41) is 10.2. The summed E-state index contributed by atoms with van der Waals surface area (Å²) < 4.78 is 5.49. The fraction of sp³-hybridized carbons (Fsp3) is 0.625. The number of aliphatic hydroxyl groups is 1. The lowest BCUT2D eigenvalue weighted by Gasteiger charge is -2.30. The molecule has 3 heteroatoms. The lowest BCUT2D eigenvalue weighted by molar-refractivity contribution is 0.0172. The molecule has 1 heterocycles. The van der Waals surface area contributed by atoms with Crippen LogP contribution in [-0.2, 0) is 4.74 Å². The predicted octanol–water partition coefficient (Wildman–Crippen LogP) is 3.14. The van der Waals surface area contributed by atoms with E-state index >= 15 is 0 Å². The molecule has 1 atom stereocenters. The molecule has 0 radical (unpaired) electrons. The monoisotopic (exact) mass is 263 g/mol. The summed E-state index contributed by atoms with van der Waals surface area (Å²) in [5.74, 6) is 0. The molecule has 0 saturated carbocycles. The molecular formula is C16H25NO2. The minimum atomic E-state index is -0.323. The van der Waals surface area contributed by atoms with Crippen LogP contribution in [0.5, 0.6) is 0 Å². The van der Waals surface area contributed by atoms with Crippen LogP contribution in [0.4, 0.5) is 5.69 Å². The topological polar surface area (TPSA) is 32.7 Å². The molecule has 106 valence electrons. The van der Waals surface area contributed by atoms with Gasteiger partial charge in [-0.25, -0.2) is 0 Å². The number of anilines is 1. The molecule has 0 bridgehead atoms. The Balaban J connectivity index is 2.15. The van der Waals surface area contributed by atoms with E-state index in [4.69, 9.17) is 4.74 Å². The number of aliphatic hydroxyl groups excluding tert-OH is 1. The maximum absolute atomic E-state index is 10.2. The van der Waals surface area contributed by atoms with Crippen molar-refractivity contribution in [2.45, 2.75) is 44.8 Å². The average molecular weight is 263 g/mol. The maximum Gasteiger partial charge on any atom is 0.0810 e. The number of ether oxygens (including phenoxy) is 1. The third-order valence-electron chi connectivity index (χ3n) is 4.08. The Kier molecular flexibility index (Phi) is 4.48. The smallest absolute Gasteiger partial charge is 0.0810 e. The third-order valence-corrected chi connectivity index (χ3v) is 4.08. The number of hydrogen-bond acceptors (Lipinski definition) is 3. The molecule has 2 rings (SSSR count). The van der Waals surface area contributed by atoms with Gasteiger partial charge in [-0.15, -0.1) is 0 Å². The maximum atomic E-state index is 10.2. The second kappa shape index (κ2) is 5.93. The second-order valence-corrected chi connectivity index (χ2v) is 5.92. The van der Waals surface area contributed by atoms with Gasteiger partial charge in [0.25, 0.3) is 0 Å². The summed E-state index contributed by atoms with van der Waals surface area (Å²) in [6.07, 6.45) is 2.54. The molecule has 0 spiro atoms. The fourth-order valence-corrected chi connectivity index (χ4v) is 2.55. The Morgan fingerprint density at radius 2 is 2.11 bits per heavy atom. The van der Waals surface area contributed by atoms with E-state index in [1.54, 1.807) is 7.11 Å². The molecular weight excluding hydrogens is 238 g/mol. The standard InChI is InChI=1S/C16H25NO2/c1-16(2,19-3)10-12-17-11-6-9-15(18)13-7-4-5-8-14(13)17/h4-5,7-8,15,18H,6,9-12H2,1-3H3. The van der Waals surface area contributed by atoms with E-state index in [1.165, 1.54) is 5.69 Å². The number of para-hydroxylation sites is 1. The highest BCUT2D eigenvalue weighted by molar-refractivity contribution is 5.55. The molecule has 0 aliphatic carbocycles. The first kappa shape index (κ1) is 14.4. The van der Waals surface area contributed by atoms with Gasteiger partial charge in [0.2, 0.25) is 0 Å². The van der Waals surface area contributed by atoms with E-state index in [-0.39, 0.29) is 11.7 Å². The van der Waals surface area contributed by atoms with Gasteiger partial charge in [0, 0.05) is 31.5 Å². The summed E-state index contributed by atoms with van der Waals surface area (Å²) >= 11 is 0. The summed E-state index contributed by atoms with van der Waals surface area (Å²) in [6, 6.07) is 8.21. The van der Waals surface area contributed by atoms with Crippen LogP contribution in [0.1, 0.15) is 44.8 Å². The van der Waals surface area contributed by atoms with Gasteiger partial charge in [0.1, 0.15) is 0 Å². The first-order valence-corrected chi connectivity index (χ1v) is 7.10. The lowest BCUT2D eigenvalue weighted by Crippen LogP contribution is -2.32. The van der Waals surface area contributed by atoms with Gasteiger partial charge in [-0.2, -0.15) is 0 Å². The lowest BCUT2D eigenvalue weighted by atomic mass is 10.0. The van der Waals surface area contributed by atoms with Crippen molar-refractivity contribution in [1.82, 2.24) is 0 Å². The number of nitrogens with zero attached hydrogens (tertiary/aromatic N) is 1. The molecule has 1 aliphatic rings. The first-order chi connectivity index (χ1) is 9.03. The zero-order valence-corrected chi connectivity index (χ0v) is 12.2. The van der Waals surface area contributed by atoms with Crippen molar-refractivity contribution in [3.8, 4) is 0 Å². The molecule has 0 aromatic heterocycles. The van der Waals surface area contributed by atoms with Crippen LogP contribution in [0.2, 0.25) is 0 Å². The zero-order valence-electron chi connectivity index (χ0n) is 12.2. The van der Waals surface area contributed by atoms with Gasteiger partial charge in [-0.3, -0.25) is 0 Å². The number of benzene rings is 1. The fourth-order valence-electron chi connectivity index (χ4n) is 2.55. The SMILES string of the molecule is COC(C)(C)CCN1CCCC(O)c2ccccc21. The average Bonchev–Trinajstić information content (AvgIpc) is 2.57. The van der Waals surface area contributed by atoms with Crippen molar-refractivity contribution in [3.05, 3.63) is 29.8 Å². The number of hydrogen-bond donors (Lipinski definition) is 1. The van der Waals surface area contributed by atoms with Crippen molar-refractivity contribution >= 4 is 5.69 Å². The third kappa shape index (κ3) is 3.48. The quantitative estimate of drug-likeness (QED) is 0.906. The largest absolute Gasteiger partial charge is 0.388 e. The molecule has 1 unspecified atom stereocenters. The molecule has 1 aromatic rings. The van der Waals surface area contributed by atoms with Gasteiger partial charge in [0.15, 0.2) is 0 Å². The molecule has 19 heavy (non-hydrogen) atoms. The van der Waals surface area contributed by atoms with Gasteiger partial charge in [-0.05, 0) is 39.2 Å². The summed E-state index contributed by atoms with van der Waals surface area (Å²) in [4.78, 5) is 2.38. The molecule has 1 N–H and O–H groups in total. The minimum Gasteiger partial charge on any atom is -0.388 e. The van der Waals surface area contributed by atoms with Crippen LogP contribution >= 0.6 is 0 Å². The van der Waals surface area contributed by atoms with E-state index in [1.807, 2.05) is 18.2 Å². The first-order valence-electron chi connectivity index (χ1n) is 7.10. The van der Waals surface area contributed by atoms with Crippen molar-refractivity contribution in [2.24, 2.45) is 0 Å². The van der Waals surface area contributed by atoms with Crippen LogP contribution < -0.4 is 4.90 Å². The molecule has 0 saturated heterocycles. The summed E-state index contributed by atoms with van der Waals surface area (Å²) in [5.41, 5.74) is 2.15. The Bertz CT molecular complexity index is 417. The van der Waals surface area contributed by atoms with E-state index in [9.17, 15) is 5.11 Å². The summed E-state index contributed by atoms with van der Waals surface area (Å²) in [7, 11) is 1.76. The van der Waals surface area contributed by atoms with Crippen molar-refractivity contribution in [3.63, 3.8) is 0 Å². The van der Waals surface area contributed by atoms with Crippen LogP contribution in [0, 0.1) is 0 Å². The number of methoxy groups -OCH3 is 1. The highest BCUT2D eigenvalue weighted by Crippen LogP contribution is 2.33. The van der Waals surface area contributed by atoms with Crippen molar-refractivity contribution < 1.29 is 9.84 Å². The molecule has 1 aromatic carbocycles. The number of rotatable bonds is 4. The van der Waals surface area contributed by atoms with Crippen LogP contribution in [0.25, 0.3) is 0 Å².